The predicted octanol–water partition coefficient (Wildman–Crippen LogP) is 4.66. The maximum absolute atomic E-state index is 13.7. The summed E-state index contributed by atoms with van der Waals surface area (Å²) in [7, 11) is 0. The Morgan fingerprint density at radius 1 is 0.944 bits per heavy atom. The average Bonchev–Trinajstić information content (AvgIpc) is 3.18. The molecule has 1 saturated heterocycles. The van der Waals surface area contributed by atoms with Gasteiger partial charge in [0, 0.05) is 19.3 Å². The lowest BCUT2D eigenvalue weighted by molar-refractivity contribution is -0.122. The number of carbonyl (C=O) groups excluding carboxylic acids is 1. The number of carbonyl (C=O) groups is 1. The monoisotopic (exact) mass is 510 g/mol. The highest BCUT2D eigenvalue weighted by atomic mass is 32.2. The van der Waals surface area contributed by atoms with Crippen LogP contribution in [0.3, 0.4) is 0 Å². The molecule has 4 heterocycles. The van der Waals surface area contributed by atoms with Crippen molar-refractivity contribution in [2.24, 2.45) is 0 Å². The molecule has 178 valence electrons. The fourth-order valence-electron chi connectivity index (χ4n) is 4.67. The minimum atomic E-state index is -0.206. The lowest BCUT2D eigenvalue weighted by Crippen LogP contribution is -2.34. The first-order valence-electron chi connectivity index (χ1n) is 11.7. The summed E-state index contributed by atoms with van der Waals surface area (Å²) >= 11 is 6.77. The van der Waals surface area contributed by atoms with Crippen molar-refractivity contribution in [3.8, 4) is 0 Å². The summed E-state index contributed by atoms with van der Waals surface area (Å²) in [6.07, 6.45) is 4.25. The Labute approximate surface area is 217 Å². The molecule has 36 heavy (non-hydrogen) atoms. The molecule has 6 rings (SSSR count). The topological polar surface area (TPSA) is 57.9 Å². The van der Waals surface area contributed by atoms with Gasteiger partial charge in [-0.25, -0.2) is 4.98 Å². The molecule has 0 bridgehead atoms. The minimum absolute atomic E-state index is 0.193. The Kier molecular flexibility index (Phi) is 5.91. The second-order valence-corrected chi connectivity index (χ2v) is 10.5. The van der Waals surface area contributed by atoms with Gasteiger partial charge in [-0.15, -0.1) is 0 Å². The van der Waals surface area contributed by atoms with Crippen molar-refractivity contribution in [1.29, 1.82) is 0 Å². The molecule has 2 aromatic heterocycles. The van der Waals surface area contributed by atoms with E-state index in [-0.39, 0.29) is 11.5 Å². The van der Waals surface area contributed by atoms with Gasteiger partial charge in [-0.2, -0.15) is 0 Å². The van der Waals surface area contributed by atoms with Gasteiger partial charge in [-0.3, -0.25) is 18.9 Å². The highest BCUT2D eigenvalue weighted by molar-refractivity contribution is 8.26. The molecule has 0 spiro atoms. The summed E-state index contributed by atoms with van der Waals surface area (Å²) in [5.41, 5.74) is 4.30. The number of pyridine rings is 1. The Morgan fingerprint density at radius 3 is 2.53 bits per heavy atom. The van der Waals surface area contributed by atoms with Crippen molar-refractivity contribution < 1.29 is 4.79 Å². The van der Waals surface area contributed by atoms with E-state index in [0.717, 1.165) is 18.5 Å². The molecule has 2 aliphatic rings. The van der Waals surface area contributed by atoms with E-state index in [2.05, 4.69) is 23.1 Å². The molecule has 0 saturated carbocycles. The average molecular weight is 511 g/mol. The van der Waals surface area contributed by atoms with Gasteiger partial charge in [0.25, 0.3) is 11.5 Å². The number of rotatable bonds is 4. The molecule has 0 aliphatic carbocycles. The largest absolute Gasteiger partial charge is 0.351 e. The molecule has 0 unspecified atom stereocenters. The van der Waals surface area contributed by atoms with Crippen molar-refractivity contribution in [1.82, 2.24) is 14.3 Å². The summed E-state index contributed by atoms with van der Waals surface area (Å²) in [5, 5.41) is 0. The number of fused-ring (bicyclic) bond motifs is 2. The fraction of sp³-hybridized carbons (Fsp3) is 0.143. The Balaban J connectivity index is 1.42. The van der Waals surface area contributed by atoms with Gasteiger partial charge in [0.15, 0.2) is 0 Å². The smallest absolute Gasteiger partial charge is 0.267 e. The number of hydrogen-bond donors (Lipinski definition) is 0. The van der Waals surface area contributed by atoms with Crippen molar-refractivity contribution in [3.63, 3.8) is 0 Å². The van der Waals surface area contributed by atoms with Crippen LogP contribution in [-0.2, 0) is 24.3 Å². The number of thioether (sulfide) groups is 1. The quantitative estimate of drug-likeness (QED) is 0.294. The van der Waals surface area contributed by atoms with Gasteiger partial charge in [0.2, 0.25) is 0 Å². The molecule has 0 radical (unpaired) electrons. The van der Waals surface area contributed by atoms with Gasteiger partial charge in [-0.1, -0.05) is 84.6 Å². The van der Waals surface area contributed by atoms with Crippen LogP contribution in [-0.4, -0.2) is 31.1 Å². The molecule has 4 aromatic rings. The van der Waals surface area contributed by atoms with Crippen molar-refractivity contribution in [2.45, 2.75) is 19.5 Å². The van der Waals surface area contributed by atoms with Crippen LogP contribution in [0, 0.1) is 0 Å². The van der Waals surface area contributed by atoms with E-state index >= 15 is 0 Å². The number of aromatic nitrogens is 2. The van der Waals surface area contributed by atoms with Crippen molar-refractivity contribution in [2.75, 3.05) is 11.4 Å². The molecular weight excluding hydrogens is 488 g/mol. The van der Waals surface area contributed by atoms with E-state index in [1.807, 2.05) is 48.5 Å². The molecule has 0 atom stereocenters. The van der Waals surface area contributed by atoms with Crippen LogP contribution < -0.4 is 10.5 Å². The third-order valence-corrected chi connectivity index (χ3v) is 7.89. The van der Waals surface area contributed by atoms with E-state index in [9.17, 15) is 9.59 Å². The second kappa shape index (κ2) is 9.37. The van der Waals surface area contributed by atoms with Crippen LogP contribution in [0.4, 0.5) is 5.82 Å². The zero-order chi connectivity index (χ0) is 24.6. The molecule has 0 N–H and O–H groups in total. The summed E-state index contributed by atoms with van der Waals surface area (Å²) in [4.78, 5) is 36.1. The van der Waals surface area contributed by atoms with Crippen LogP contribution in [0.2, 0.25) is 0 Å². The number of anilines is 1. The summed E-state index contributed by atoms with van der Waals surface area (Å²) in [5.74, 6) is 0.399. The summed E-state index contributed by atoms with van der Waals surface area (Å²) < 4.78 is 2.01. The highest BCUT2D eigenvalue weighted by Gasteiger charge is 2.33. The third-order valence-electron chi connectivity index (χ3n) is 6.51. The normalized spacial score (nSPS) is 16.7. The fourth-order valence-corrected chi connectivity index (χ4v) is 5.91. The van der Waals surface area contributed by atoms with Crippen molar-refractivity contribution >= 4 is 51.7 Å². The number of benzene rings is 2. The van der Waals surface area contributed by atoms with E-state index in [0.29, 0.717) is 39.3 Å². The third kappa shape index (κ3) is 4.12. The summed E-state index contributed by atoms with van der Waals surface area (Å²) in [6.45, 7) is 1.79. The lowest BCUT2D eigenvalue weighted by Gasteiger charge is -2.30. The van der Waals surface area contributed by atoms with E-state index in [1.165, 1.54) is 27.3 Å². The van der Waals surface area contributed by atoms with Crippen LogP contribution in [0.15, 0.2) is 88.7 Å². The lowest BCUT2D eigenvalue weighted by atomic mass is 9.99. The second-order valence-electron chi connectivity index (χ2n) is 8.78. The van der Waals surface area contributed by atoms with E-state index in [4.69, 9.17) is 17.2 Å². The zero-order valence-corrected chi connectivity index (χ0v) is 21.0. The van der Waals surface area contributed by atoms with Gasteiger partial charge < -0.3 is 4.90 Å². The molecule has 8 heteroatoms. The van der Waals surface area contributed by atoms with Gasteiger partial charge in [-0.05, 0) is 41.3 Å². The maximum Gasteiger partial charge on any atom is 0.267 e. The molecule has 6 nitrogen and oxygen atoms in total. The SMILES string of the molecule is O=C1/C(=C/c2c(N3CCc4ccccc4C3)nc3ccccn3c2=O)SC(=S)N1Cc1ccccc1. The molecular formula is C28H22N4O2S2. The van der Waals surface area contributed by atoms with E-state index < -0.39 is 0 Å². The highest BCUT2D eigenvalue weighted by Crippen LogP contribution is 2.35. The molecule has 1 amide bonds. The first-order chi connectivity index (χ1) is 17.6. The van der Waals surface area contributed by atoms with Crippen LogP contribution in [0.1, 0.15) is 22.3 Å². The maximum atomic E-state index is 13.7. The van der Waals surface area contributed by atoms with Crippen LogP contribution in [0.5, 0.6) is 0 Å². The Hall–Kier alpha value is -3.75. The number of hydrogen-bond acceptors (Lipinski definition) is 6. The number of thiocarbonyl (C=S) groups is 1. The standard InChI is InChI=1S/C28H22N4O2S2/c33-26-22(16-23-27(34)32(28(35)36-23)17-19-8-2-1-3-9-19)25(29-24-12-6-7-14-31(24)26)30-15-13-20-10-4-5-11-21(20)18-30/h1-12,14,16H,13,15,17-18H2/b23-16-. The Morgan fingerprint density at radius 2 is 1.69 bits per heavy atom. The summed E-state index contributed by atoms with van der Waals surface area (Å²) in [6, 6.07) is 23.6. The zero-order valence-electron chi connectivity index (χ0n) is 19.3. The van der Waals surface area contributed by atoms with Gasteiger partial charge in [0.05, 0.1) is 17.0 Å². The number of amides is 1. The van der Waals surface area contributed by atoms with Crippen LogP contribution in [0.25, 0.3) is 11.7 Å². The molecule has 2 aromatic carbocycles. The first kappa shape index (κ1) is 22.7. The van der Waals surface area contributed by atoms with E-state index in [1.54, 1.807) is 23.2 Å². The molecule has 2 aliphatic heterocycles. The van der Waals surface area contributed by atoms with Crippen LogP contribution >= 0.6 is 24.0 Å². The molecule has 1 fully saturated rings. The van der Waals surface area contributed by atoms with Crippen molar-refractivity contribution in [3.05, 3.63) is 117 Å². The van der Waals surface area contributed by atoms with Gasteiger partial charge >= 0.3 is 0 Å². The predicted molar refractivity (Wildman–Crippen MR) is 148 cm³/mol. The number of nitrogens with zero attached hydrogens (tertiary/aromatic N) is 4. The van der Waals surface area contributed by atoms with Gasteiger partial charge in [0.1, 0.15) is 15.8 Å². The minimum Gasteiger partial charge on any atom is -0.351 e. The Bertz CT molecular complexity index is 1600. The first-order valence-corrected chi connectivity index (χ1v) is 12.9.